The molecule has 0 bridgehead atoms. The molecule has 0 spiro atoms. The standard InChI is InChI=1S/C25H30N4O4S/c1-16(2)23(18-8-11-20-21(14-18)33-13-5-12-32-20)26-22(30)15-34-25-28-27-24(29(25)3)17-6-9-19(31-4)10-7-17/h6-11,14,16,23H,5,12-13,15H2,1-4H3,(H,26,30). The summed E-state index contributed by atoms with van der Waals surface area (Å²) in [5.74, 6) is 3.38. The SMILES string of the molecule is COc1ccc(-c2nnc(SCC(=O)NC(c3ccc4c(c3)OCCCO4)C(C)C)n2C)cc1. The average Bonchev–Trinajstić information content (AvgIpc) is 3.05. The smallest absolute Gasteiger partial charge is 0.230 e. The quantitative estimate of drug-likeness (QED) is 0.480. The third kappa shape index (κ3) is 5.47. The van der Waals surface area contributed by atoms with Crippen LogP contribution in [0.2, 0.25) is 0 Å². The monoisotopic (exact) mass is 482 g/mol. The number of ether oxygens (including phenoxy) is 3. The summed E-state index contributed by atoms with van der Waals surface area (Å²) in [6.45, 7) is 5.45. The van der Waals surface area contributed by atoms with Gasteiger partial charge in [0.15, 0.2) is 22.5 Å². The van der Waals surface area contributed by atoms with Crippen molar-refractivity contribution in [3.05, 3.63) is 48.0 Å². The first kappa shape index (κ1) is 23.9. The van der Waals surface area contributed by atoms with Crippen molar-refractivity contribution in [2.75, 3.05) is 26.1 Å². The molecule has 1 aliphatic rings. The molecule has 0 fully saturated rings. The molecule has 0 saturated heterocycles. The number of amides is 1. The largest absolute Gasteiger partial charge is 0.497 e. The van der Waals surface area contributed by atoms with Crippen LogP contribution in [0.5, 0.6) is 17.2 Å². The summed E-state index contributed by atoms with van der Waals surface area (Å²) in [5.41, 5.74) is 1.93. The summed E-state index contributed by atoms with van der Waals surface area (Å²) in [6.07, 6.45) is 0.855. The van der Waals surface area contributed by atoms with Crippen LogP contribution in [0.15, 0.2) is 47.6 Å². The van der Waals surface area contributed by atoms with Crippen LogP contribution >= 0.6 is 11.8 Å². The summed E-state index contributed by atoms with van der Waals surface area (Å²) in [6, 6.07) is 13.4. The molecular weight excluding hydrogens is 452 g/mol. The maximum atomic E-state index is 12.8. The molecule has 4 rings (SSSR count). The number of hydrogen-bond acceptors (Lipinski definition) is 7. The highest BCUT2D eigenvalue weighted by atomic mass is 32.2. The maximum Gasteiger partial charge on any atom is 0.230 e. The number of fused-ring (bicyclic) bond motifs is 1. The molecule has 34 heavy (non-hydrogen) atoms. The molecule has 1 unspecified atom stereocenters. The van der Waals surface area contributed by atoms with Crippen LogP contribution in [0.25, 0.3) is 11.4 Å². The van der Waals surface area contributed by atoms with Crippen molar-refractivity contribution in [1.82, 2.24) is 20.1 Å². The van der Waals surface area contributed by atoms with Crippen LogP contribution in [0.1, 0.15) is 31.9 Å². The molecular formula is C25H30N4O4S. The molecule has 9 heteroatoms. The van der Waals surface area contributed by atoms with Crippen LogP contribution < -0.4 is 19.5 Å². The van der Waals surface area contributed by atoms with E-state index in [1.54, 1.807) is 7.11 Å². The highest BCUT2D eigenvalue weighted by molar-refractivity contribution is 7.99. The van der Waals surface area contributed by atoms with E-state index in [-0.39, 0.29) is 23.6 Å². The molecule has 8 nitrogen and oxygen atoms in total. The number of benzene rings is 2. The fraction of sp³-hybridized carbons (Fsp3) is 0.400. The third-order valence-electron chi connectivity index (χ3n) is 5.63. The summed E-state index contributed by atoms with van der Waals surface area (Å²) in [4.78, 5) is 12.8. The van der Waals surface area contributed by atoms with Crippen molar-refractivity contribution in [1.29, 1.82) is 0 Å². The van der Waals surface area contributed by atoms with Crippen LogP contribution in [-0.4, -0.2) is 46.7 Å². The van der Waals surface area contributed by atoms with Gasteiger partial charge in [-0.1, -0.05) is 31.7 Å². The van der Waals surface area contributed by atoms with Crippen LogP contribution in [-0.2, 0) is 11.8 Å². The molecule has 1 aliphatic heterocycles. The topological polar surface area (TPSA) is 87.5 Å². The van der Waals surface area contributed by atoms with E-state index in [1.807, 2.05) is 54.1 Å². The number of hydrogen-bond donors (Lipinski definition) is 1. The number of carbonyl (C=O) groups excluding carboxylic acids is 1. The Morgan fingerprint density at radius 2 is 1.85 bits per heavy atom. The van der Waals surface area contributed by atoms with E-state index in [2.05, 4.69) is 29.4 Å². The molecule has 0 radical (unpaired) electrons. The van der Waals surface area contributed by atoms with Crippen molar-refractivity contribution in [3.8, 4) is 28.6 Å². The Bertz CT molecular complexity index is 1130. The normalized spacial score (nSPS) is 13.9. The molecule has 180 valence electrons. The fourth-order valence-corrected chi connectivity index (χ4v) is 4.51. The number of thioether (sulfide) groups is 1. The predicted molar refractivity (Wildman–Crippen MR) is 131 cm³/mol. The van der Waals surface area contributed by atoms with Gasteiger partial charge in [0.1, 0.15) is 5.75 Å². The van der Waals surface area contributed by atoms with Crippen LogP contribution in [0.3, 0.4) is 0 Å². The minimum atomic E-state index is -0.139. The number of nitrogens with one attached hydrogen (secondary N) is 1. The Hall–Kier alpha value is -3.20. The fourth-order valence-electron chi connectivity index (χ4n) is 3.79. The van der Waals surface area contributed by atoms with Gasteiger partial charge in [-0.2, -0.15) is 0 Å². The van der Waals surface area contributed by atoms with Gasteiger partial charge < -0.3 is 24.1 Å². The minimum Gasteiger partial charge on any atom is -0.497 e. The molecule has 1 aromatic heterocycles. The second-order valence-corrected chi connectivity index (χ2v) is 9.37. The van der Waals surface area contributed by atoms with Gasteiger partial charge in [-0.25, -0.2) is 0 Å². The molecule has 1 atom stereocenters. The van der Waals surface area contributed by atoms with E-state index < -0.39 is 0 Å². The molecule has 2 aromatic carbocycles. The first-order chi connectivity index (χ1) is 16.5. The van der Waals surface area contributed by atoms with Gasteiger partial charge in [-0.3, -0.25) is 4.79 Å². The summed E-state index contributed by atoms with van der Waals surface area (Å²) in [5, 5.41) is 12.4. The van der Waals surface area contributed by atoms with E-state index in [9.17, 15) is 4.79 Å². The van der Waals surface area contributed by atoms with Gasteiger partial charge in [-0.15, -0.1) is 10.2 Å². The van der Waals surface area contributed by atoms with Crippen molar-refractivity contribution in [2.24, 2.45) is 13.0 Å². The lowest BCUT2D eigenvalue weighted by Crippen LogP contribution is -2.33. The number of methoxy groups -OCH3 is 1. The minimum absolute atomic E-state index is 0.0650. The molecule has 3 aromatic rings. The van der Waals surface area contributed by atoms with Crippen molar-refractivity contribution < 1.29 is 19.0 Å². The molecule has 1 N–H and O–H groups in total. The Balaban J connectivity index is 1.40. The van der Waals surface area contributed by atoms with Gasteiger partial charge in [0, 0.05) is 19.0 Å². The number of aromatic nitrogens is 3. The van der Waals surface area contributed by atoms with Gasteiger partial charge in [0.2, 0.25) is 5.91 Å². The van der Waals surface area contributed by atoms with Crippen LogP contribution in [0.4, 0.5) is 0 Å². The number of carbonyl (C=O) groups is 1. The zero-order valence-electron chi connectivity index (χ0n) is 19.9. The Kier molecular flexibility index (Phi) is 7.62. The van der Waals surface area contributed by atoms with Gasteiger partial charge in [0.25, 0.3) is 0 Å². The van der Waals surface area contributed by atoms with Crippen molar-refractivity contribution in [3.63, 3.8) is 0 Å². The molecule has 0 saturated carbocycles. The molecule has 0 aliphatic carbocycles. The summed E-state index contributed by atoms with van der Waals surface area (Å²) in [7, 11) is 3.53. The van der Waals surface area contributed by atoms with E-state index in [1.165, 1.54) is 11.8 Å². The van der Waals surface area contributed by atoms with E-state index >= 15 is 0 Å². The van der Waals surface area contributed by atoms with Crippen molar-refractivity contribution in [2.45, 2.75) is 31.5 Å². The Morgan fingerprint density at radius 1 is 1.12 bits per heavy atom. The molecule has 2 heterocycles. The lowest BCUT2D eigenvalue weighted by atomic mass is 9.95. The lowest BCUT2D eigenvalue weighted by Gasteiger charge is -2.24. The lowest BCUT2D eigenvalue weighted by molar-refractivity contribution is -0.119. The Labute approximate surface area is 204 Å². The van der Waals surface area contributed by atoms with E-state index in [0.29, 0.717) is 18.4 Å². The highest BCUT2D eigenvalue weighted by Gasteiger charge is 2.22. The first-order valence-corrected chi connectivity index (χ1v) is 12.3. The summed E-state index contributed by atoms with van der Waals surface area (Å²) < 4.78 is 18.7. The van der Waals surface area contributed by atoms with E-state index in [4.69, 9.17) is 14.2 Å². The molecule has 1 amide bonds. The van der Waals surface area contributed by atoms with Gasteiger partial charge in [0.05, 0.1) is 32.1 Å². The number of nitrogens with zero attached hydrogens (tertiary/aromatic N) is 3. The van der Waals surface area contributed by atoms with Crippen LogP contribution in [0, 0.1) is 5.92 Å². The zero-order valence-corrected chi connectivity index (χ0v) is 20.7. The van der Waals surface area contributed by atoms with Crippen molar-refractivity contribution >= 4 is 17.7 Å². The van der Waals surface area contributed by atoms with Gasteiger partial charge in [-0.05, 0) is 47.9 Å². The number of rotatable bonds is 8. The second kappa shape index (κ2) is 10.8. The summed E-state index contributed by atoms with van der Waals surface area (Å²) >= 11 is 1.36. The highest BCUT2D eigenvalue weighted by Crippen LogP contribution is 2.34. The second-order valence-electron chi connectivity index (χ2n) is 8.43. The predicted octanol–water partition coefficient (Wildman–Crippen LogP) is 4.26. The van der Waals surface area contributed by atoms with E-state index in [0.717, 1.165) is 40.6 Å². The maximum absolute atomic E-state index is 12.8. The third-order valence-corrected chi connectivity index (χ3v) is 6.65. The Morgan fingerprint density at radius 3 is 2.56 bits per heavy atom. The van der Waals surface area contributed by atoms with Gasteiger partial charge >= 0.3 is 0 Å². The first-order valence-electron chi connectivity index (χ1n) is 11.3. The zero-order chi connectivity index (χ0) is 24.1. The average molecular weight is 483 g/mol.